The average molecular weight is 305 g/mol. The second-order valence-corrected chi connectivity index (χ2v) is 8.61. The van der Waals surface area contributed by atoms with Crippen molar-refractivity contribution in [1.82, 2.24) is 9.62 Å². The molecule has 0 aromatic carbocycles. The van der Waals surface area contributed by atoms with E-state index >= 15 is 0 Å². The van der Waals surface area contributed by atoms with Gasteiger partial charge >= 0.3 is 0 Å². The lowest BCUT2D eigenvalue weighted by molar-refractivity contribution is 0.300. The van der Waals surface area contributed by atoms with E-state index in [2.05, 4.69) is 19.2 Å². The summed E-state index contributed by atoms with van der Waals surface area (Å²) in [7, 11) is -1.31. The van der Waals surface area contributed by atoms with Gasteiger partial charge in [-0.15, -0.1) is 0 Å². The van der Waals surface area contributed by atoms with Gasteiger partial charge in [-0.3, -0.25) is 0 Å². The van der Waals surface area contributed by atoms with Gasteiger partial charge in [0, 0.05) is 19.6 Å². The predicted molar refractivity (Wildman–Crippen MR) is 85.4 cm³/mol. The van der Waals surface area contributed by atoms with Crippen molar-refractivity contribution in [1.29, 1.82) is 0 Å². The number of nitrogens with zero attached hydrogens (tertiary/aromatic N) is 1. The molecule has 1 saturated carbocycles. The van der Waals surface area contributed by atoms with Gasteiger partial charge in [-0.2, -0.15) is 0 Å². The minimum atomic E-state index is -3.05. The Bertz CT molecular complexity index is 349. The van der Waals surface area contributed by atoms with Gasteiger partial charge in [0.25, 0.3) is 0 Å². The predicted octanol–water partition coefficient (Wildman–Crippen LogP) is 2.61. The van der Waals surface area contributed by atoms with E-state index in [0.29, 0.717) is 18.5 Å². The van der Waals surface area contributed by atoms with Crippen molar-refractivity contribution in [2.75, 3.05) is 25.9 Å². The fraction of sp³-hybridized carbons (Fsp3) is 1.00. The molecule has 0 atom stereocenters. The summed E-state index contributed by atoms with van der Waals surface area (Å²) >= 11 is 0. The summed E-state index contributed by atoms with van der Waals surface area (Å²) in [5, 5.41) is 3.32. The van der Waals surface area contributed by atoms with Gasteiger partial charge in [-0.05, 0) is 38.1 Å². The first-order chi connectivity index (χ1) is 9.42. The molecular weight excluding hydrogens is 272 g/mol. The van der Waals surface area contributed by atoms with Gasteiger partial charge in [-0.25, -0.2) is 12.7 Å². The SMILES string of the molecule is CC(C)NCCCCS(=O)(=O)N(C)CC1CCCCC1. The van der Waals surface area contributed by atoms with Gasteiger partial charge in [0.2, 0.25) is 10.0 Å². The standard InChI is InChI=1S/C15H32N2O2S/c1-14(2)16-11-7-8-12-20(18,19)17(3)13-15-9-5-4-6-10-15/h14-16H,4-13H2,1-3H3. The van der Waals surface area contributed by atoms with Gasteiger partial charge in [-0.1, -0.05) is 33.1 Å². The lowest BCUT2D eigenvalue weighted by atomic mass is 9.89. The van der Waals surface area contributed by atoms with E-state index in [1.54, 1.807) is 11.4 Å². The summed E-state index contributed by atoms with van der Waals surface area (Å²) in [5.74, 6) is 0.863. The van der Waals surface area contributed by atoms with E-state index in [9.17, 15) is 8.42 Å². The van der Waals surface area contributed by atoms with Crippen LogP contribution in [-0.2, 0) is 10.0 Å². The van der Waals surface area contributed by atoms with Crippen molar-refractivity contribution in [3.05, 3.63) is 0 Å². The Morgan fingerprint density at radius 3 is 2.40 bits per heavy atom. The van der Waals surface area contributed by atoms with E-state index in [0.717, 1.165) is 19.4 Å². The molecule has 0 aromatic heterocycles. The topological polar surface area (TPSA) is 49.4 Å². The zero-order chi connectivity index (χ0) is 15.0. The van der Waals surface area contributed by atoms with Crippen molar-refractivity contribution >= 4 is 10.0 Å². The molecular formula is C15H32N2O2S. The molecule has 0 radical (unpaired) electrons. The first kappa shape index (κ1) is 17.9. The van der Waals surface area contributed by atoms with E-state index in [-0.39, 0.29) is 5.75 Å². The fourth-order valence-electron chi connectivity index (χ4n) is 2.80. The zero-order valence-electron chi connectivity index (χ0n) is 13.4. The van der Waals surface area contributed by atoms with Crippen LogP contribution in [0.1, 0.15) is 58.8 Å². The molecule has 5 heteroatoms. The molecule has 0 unspecified atom stereocenters. The summed E-state index contributed by atoms with van der Waals surface area (Å²) in [5.41, 5.74) is 0. The molecule has 0 saturated heterocycles. The molecule has 120 valence electrons. The Morgan fingerprint density at radius 1 is 1.15 bits per heavy atom. The third-order valence-corrected chi connectivity index (χ3v) is 6.00. The number of unbranched alkanes of at least 4 members (excludes halogenated alkanes) is 1. The van der Waals surface area contributed by atoms with Crippen molar-refractivity contribution in [2.24, 2.45) is 5.92 Å². The molecule has 20 heavy (non-hydrogen) atoms. The molecule has 0 aliphatic heterocycles. The maximum absolute atomic E-state index is 12.2. The highest BCUT2D eigenvalue weighted by atomic mass is 32.2. The quantitative estimate of drug-likeness (QED) is 0.666. The smallest absolute Gasteiger partial charge is 0.213 e. The minimum absolute atomic E-state index is 0.288. The Balaban J connectivity index is 2.24. The molecule has 1 fully saturated rings. The molecule has 0 amide bonds. The number of rotatable bonds is 9. The van der Waals surface area contributed by atoms with Gasteiger partial charge in [0.05, 0.1) is 5.75 Å². The summed E-state index contributed by atoms with van der Waals surface area (Å²) in [4.78, 5) is 0. The molecule has 0 heterocycles. The van der Waals surface area contributed by atoms with Gasteiger partial charge in [0.15, 0.2) is 0 Å². The van der Waals surface area contributed by atoms with Crippen molar-refractivity contribution < 1.29 is 8.42 Å². The van der Waals surface area contributed by atoms with E-state index in [4.69, 9.17) is 0 Å². The first-order valence-electron chi connectivity index (χ1n) is 8.09. The van der Waals surface area contributed by atoms with Crippen molar-refractivity contribution in [3.63, 3.8) is 0 Å². The van der Waals surface area contributed by atoms with Gasteiger partial charge in [0.1, 0.15) is 0 Å². The summed E-state index contributed by atoms with van der Waals surface area (Å²) < 4.78 is 26.0. The Hall–Kier alpha value is -0.130. The van der Waals surface area contributed by atoms with Crippen LogP contribution in [0.15, 0.2) is 0 Å². The maximum Gasteiger partial charge on any atom is 0.213 e. The molecule has 1 aliphatic carbocycles. The second kappa shape index (κ2) is 9.00. The minimum Gasteiger partial charge on any atom is -0.315 e. The summed E-state index contributed by atoms with van der Waals surface area (Å²) in [6.45, 7) is 5.83. The Morgan fingerprint density at radius 2 is 1.80 bits per heavy atom. The van der Waals surface area contributed by atoms with Crippen LogP contribution in [-0.4, -0.2) is 44.7 Å². The summed E-state index contributed by atoms with van der Waals surface area (Å²) in [6, 6.07) is 0.473. The molecule has 4 nitrogen and oxygen atoms in total. The van der Waals surface area contributed by atoms with Crippen LogP contribution in [0.3, 0.4) is 0 Å². The van der Waals surface area contributed by atoms with E-state index in [1.807, 2.05) is 0 Å². The Kier molecular flexibility index (Phi) is 8.07. The highest BCUT2D eigenvalue weighted by molar-refractivity contribution is 7.89. The normalized spacial score (nSPS) is 18.1. The van der Waals surface area contributed by atoms with Gasteiger partial charge < -0.3 is 5.32 Å². The van der Waals surface area contributed by atoms with Crippen molar-refractivity contribution in [3.8, 4) is 0 Å². The fourth-order valence-corrected chi connectivity index (χ4v) is 4.12. The largest absolute Gasteiger partial charge is 0.315 e. The van der Waals surface area contributed by atoms with Crippen LogP contribution in [0, 0.1) is 5.92 Å². The number of nitrogens with one attached hydrogen (secondary N) is 1. The molecule has 1 aliphatic rings. The maximum atomic E-state index is 12.2. The number of hydrogen-bond acceptors (Lipinski definition) is 3. The van der Waals surface area contributed by atoms with Crippen molar-refractivity contribution in [2.45, 2.75) is 64.8 Å². The lowest BCUT2D eigenvalue weighted by Gasteiger charge is -2.26. The highest BCUT2D eigenvalue weighted by Gasteiger charge is 2.22. The molecule has 0 aromatic rings. The number of hydrogen-bond donors (Lipinski definition) is 1. The van der Waals surface area contributed by atoms with Crippen LogP contribution in [0.2, 0.25) is 0 Å². The van der Waals surface area contributed by atoms with Crippen LogP contribution >= 0.6 is 0 Å². The van der Waals surface area contributed by atoms with Crippen LogP contribution < -0.4 is 5.32 Å². The second-order valence-electron chi connectivity index (χ2n) is 6.42. The number of sulfonamides is 1. The molecule has 0 bridgehead atoms. The molecule has 0 spiro atoms. The zero-order valence-corrected chi connectivity index (χ0v) is 14.2. The molecule has 1 N–H and O–H groups in total. The van der Waals surface area contributed by atoms with E-state index in [1.165, 1.54) is 32.1 Å². The first-order valence-corrected chi connectivity index (χ1v) is 9.70. The highest BCUT2D eigenvalue weighted by Crippen LogP contribution is 2.24. The third kappa shape index (κ3) is 7.04. The monoisotopic (exact) mass is 304 g/mol. The van der Waals surface area contributed by atoms with Crippen LogP contribution in [0.4, 0.5) is 0 Å². The summed E-state index contributed by atoms with van der Waals surface area (Å²) in [6.07, 6.45) is 7.90. The Labute approximate surface area is 125 Å². The average Bonchev–Trinajstić information content (AvgIpc) is 2.39. The lowest BCUT2D eigenvalue weighted by Crippen LogP contribution is -2.34. The van der Waals surface area contributed by atoms with Crippen LogP contribution in [0.25, 0.3) is 0 Å². The van der Waals surface area contributed by atoms with Crippen LogP contribution in [0.5, 0.6) is 0 Å². The van der Waals surface area contributed by atoms with E-state index < -0.39 is 10.0 Å². The molecule has 1 rings (SSSR count). The third-order valence-electron chi connectivity index (χ3n) is 4.10.